The van der Waals surface area contributed by atoms with Crippen molar-refractivity contribution in [3.05, 3.63) is 58.7 Å². The lowest BCUT2D eigenvalue weighted by molar-refractivity contribution is -0.0235. The zero-order valence-electron chi connectivity index (χ0n) is 18.6. The number of carbonyl (C=O) groups is 2. The molecule has 2 heterocycles. The summed E-state index contributed by atoms with van der Waals surface area (Å²) in [6.07, 6.45) is -0.504. The van der Waals surface area contributed by atoms with Crippen LogP contribution in [0.1, 0.15) is 21.5 Å². The summed E-state index contributed by atoms with van der Waals surface area (Å²) in [4.78, 5) is 28.5. The van der Waals surface area contributed by atoms with Gasteiger partial charge in [0, 0.05) is 36.5 Å². The number of nitrogens with zero attached hydrogens (tertiary/aromatic N) is 1. The highest BCUT2D eigenvalue weighted by atomic mass is 19.1. The first-order chi connectivity index (χ1) is 15.8. The summed E-state index contributed by atoms with van der Waals surface area (Å²) >= 11 is 0. The molecule has 1 saturated heterocycles. The van der Waals surface area contributed by atoms with E-state index in [0.717, 1.165) is 28.6 Å². The van der Waals surface area contributed by atoms with Crippen molar-refractivity contribution in [3.8, 4) is 11.3 Å². The molecule has 1 aromatic heterocycles. The van der Waals surface area contributed by atoms with Crippen molar-refractivity contribution < 1.29 is 27.8 Å². The molecule has 0 unspecified atom stereocenters. The number of fused-ring (bicyclic) bond motifs is 1. The van der Waals surface area contributed by atoms with Gasteiger partial charge < -0.3 is 24.7 Å². The maximum Gasteiger partial charge on any atom is 0.409 e. The predicted molar refractivity (Wildman–Crippen MR) is 119 cm³/mol. The van der Waals surface area contributed by atoms with Gasteiger partial charge in [0.05, 0.1) is 37.6 Å². The Bertz CT molecular complexity index is 1200. The van der Waals surface area contributed by atoms with Crippen molar-refractivity contribution >= 4 is 22.9 Å². The van der Waals surface area contributed by atoms with E-state index >= 15 is 8.78 Å². The van der Waals surface area contributed by atoms with Gasteiger partial charge in [-0.3, -0.25) is 4.79 Å². The molecule has 0 bridgehead atoms. The fourth-order valence-electron chi connectivity index (χ4n) is 4.25. The quantitative estimate of drug-likeness (QED) is 0.625. The van der Waals surface area contributed by atoms with Crippen LogP contribution in [0.15, 0.2) is 30.3 Å². The van der Waals surface area contributed by atoms with E-state index in [1.165, 1.54) is 14.2 Å². The first-order valence-electron chi connectivity index (χ1n) is 10.6. The van der Waals surface area contributed by atoms with Gasteiger partial charge in [-0.25, -0.2) is 13.6 Å². The number of aromatic amines is 1. The first-order valence-corrected chi connectivity index (χ1v) is 10.6. The highest BCUT2D eigenvalue weighted by molar-refractivity contribution is 5.95. The summed E-state index contributed by atoms with van der Waals surface area (Å²) in [7, 11) is 2.72. The molecule has 1 atom stereocenters. The lowest BCUT2D eigenvalue weighted by Gasteiger charge is -2.32. The van der Waals surface area contributed by atoms with Crippen molar-refractivity contribution in [1.29, 1.82) is 0 Å². The van der Waals surface area contributed by atoms with Gasteiger partial charge in [-0.1, -0.05) is 12.1 Å². The van der Waals surface area contributed by atoms with Crippen LogP contribution in [-0.4, -0.2) is 61.8 Å². The number of morpholine rings is 1. The Kier molecular flexibility index (Phi) is 6.33. The average Bonchev–Trinajstić information content (AvgIpc) is 3.14. The van der Waals surface area contributed by atoms with Crippen LogP contribution in [0.25, 0.3) is 22.2 Å². The molecule has 0 saturated carbocycles. The smallest absolute Gasteiger partial charge is 0.409 e. The van der Waals surface area contributed by atoms with Crippen LogP contribution in [0.2, 0.25) is 0 Å². The zero-order chi connectivity index (χ0) is 23.7. The number of halogens is 2. The van der Waals surface area contributed by atoms with Crippen molar-refractivity contribution in [2.45, 2.75) is 19.4 Å². The van der Waals surface area contributed by atoms with E-state index in [4.69, 9.17) is 9.47 Å². The fourth-order valence-corrected chi connectivity index (χ4v) is 4.25. The molecule has 4 rings (SSSR count). The standard InChI is InChI=1S/C24H25F2N3O4/c1-13-4-5-16-17(11-15-12-29(6-7-33-15)24(31)32-3)22(28-20(16)8-13)21-18(25)9-14(10-19(21)26)23(30)27-2/h4-5,8-10,15,28H,6-7,11-12H2,1-3H3,(H,27,30)/t15-/m0/s1. The first kappa shape index (κ1) is 22.7. The second-order valence-electron chi connectivity index (χ2n) is 8.03. The number of benzene rings is 2. The van der Waals surface area contributed by atoms with Gasteiger partial charge in [0.25, 0.3) is 5.91 Å². The topological polar surface area (TPSA) is 83.7 Å². The molecule has 2 amide bonds. The minimum atomic E-state index is -0.848. The van der Waals surface area contributed by atoms with Gasteiger partial charge in [-0.15, -0.1) is 0 Å². The summed E-state index contributed by atoms with van der Waals surface area (Å²) in [5.74, 6) is -2.27. The van der Waals surface area contributed by atoms with E-state index in [9.17, 15) is 9.59 Å². The number of ether oxygens (including phenoxy) is 2. The van der Waals surface area contributed by atoms with Gasteiger partial charge in [0.15, 0.2) is 0 Å². The molecule has 9 heteroatoms. The molecule has 1 fully saturated rings. The van der Waals surface area contributed by atoms with E-state index in [2.05, 4.69) is 10.3 Å². The van der Waals surface area contributed by atoms with E-state index in [1.54, 1.807) is 4.90 Å². The normalized spacial score (nSPS) is 16.2. The summed E-state index contributed by atoms with van der Waals surface area (Å²) in [5.41, 5.74) is 2.33. The summed E-state index contributed by atoms with van der Waals surface area (Å²) in [5, 5.41) is 3.18. The molecule has 1 aliphatic rings. The highest BCUT2D eigenvalue weighted by Crippen LogP contribution is 2.36. The summed E-state index contributed by atoms with van der Waals surface area (Å²) in [6, 6.07) is 7.77. The van der Waals surface area contributed by atoms with Crippen molar-refractivity contribution in [3.63, 3.8) is 0 Å². The second-order valence-corrected chi connectivity index (χ2v) is 8.03. The Hall–Kier alpha value is -3.46. The van der Waals surface area contributed by atoms with Gasteiger partial charge in [0.2, 0.25) is 0 Å². The number of amides is 2. The molecular weight excluding hydrogens is 432 g/mol. The maximum atomic E-state index is 15.1. The van der Waals surface area contributed by atoms with Crippen molar-refractivity contribution in [2.24, 2.45) is 0 Å². The zero-order valence-corrected chi connectivity index (χ0v) is 18.6. The molecule has 1 aliphatic heterocycles. The molecule has 33 heavy (non-hydrogen) atoms. The molecule has 0 spiro atoms. The Morgan fingerprint density at radius 2 is 1.97 bits per heavy atom. The summed E-state index contributed by atoms with van der Waals surface area (Å²) < 4.78 is 40.9. The fraction of sp³-hybridized carbons (Fsp3) is 0.333. The molecule has 2 aromatic carbocycles. The monoisotopic (exact) mass is 457 g/mol. The molecule has 7 nitrogen and oxygen atoms in total. The lowest BCUT2D eigenvalue weighted by atomic mass is 9.97. The third kappa shape index (κ3) is 4.41. The number of rotatable bonds is 4. The number of nitrogens with one attached hydrogen (secondary N) is 2. The minimum absolute atomic E-state index is 0.103. The van der Waals surface area contributed by atoms with Gasteiger partial charge in [0.1, 0.15) is 11.6 Å². The number of aryl methyl sites for hydroxylation is 1. The SMILES string of the molecule is CNC(=O)c1cc(F)c(-c2[nH]c3cc(C)ccc3c2C[C@H]2CN(C(=O)OC)CCO2)c(F)c1. The van der Waals surface area contributed by atoms with Crippen LogP contribution in [0, 0.1) is 18.6 Å². The highest BCUT2D eigenvalue weighted by Gasteiger charge is 2.28. The van der Waals surface area contributed by atoms with E-state index in [-0.39, 0.29) is 22.9 Å². The van der Waals surface area contributed by atoms with E-state index in [1.807, 2.05) is 25.1 Å². The predicted octanol–water partition coefficient (Wildman–Crippen LogP) is 3.79. The molecule has 0 radical (unpaired) electrons. The van der Waals surface area contributed by atoms with E-state index in [0.29, 0.717) is 31.7 Å². The number of H-pyrrole nitrogens is 1. The molecular formula is C24H25F2N3O4. The van der Waals surface area contributed by atoms with Crippen LogP contribution in [0.4, 0.5) is 13.6 Å². The van der Waals surface area contributed by atoms with Crippen molar-refractivity contribution in [1.82, 2.24) is 15.2 Å². The number of methoxy groups -OCH3 is 1. The van der Waals surface area contributed by atoms with Crippen LogP contribution in [0.3, 0.4) is 0 Å². The summed E-state index contributed by atoms with van der Waals surface area (Å²) in [6.45, 7) is 2.97. The van der Waals surface area contributed by atoms with Crippen molar-refractivity contribution in [2.75, 3.05) is 33.9 Å². The van der Waals surface area contributed by atoms with Gasteiger partial charge in [-0.2, -0.15) is 0 Å². The molecule has 0 aliphatic carbocycles. The van der Waals surface area contributed by atoms with Gasteiger partial charge in [-0.05, 0) is 36.2 Å². The van der Waals surface area contributed by atoms with Gasteiger partial charge >= 0.3 is 6.09 Å². The maximum absolute atomic E-state index is 15.1. The third-order valence-corrected chi connectivity index (χ3v) is 5.85. The largest absolute Gasteiger partial charge is 0.453 e. The third-order valence-electron chi connectivity index (χ3n) is 5.85. The van der Waals surface area contributed by atoms with Crippen LogP contribution >= 0.6 is 0 Å². The van der Waals surface area contributed by atoms with Crippen LogP contribution < -0.4 is 5.32 Å². The number of aromatic nitrogens is 1. The molecule has 2 N–H and O–H groups in total. The minimum Gasteiger partial charge on any atom is -0.453 e. The number of hydrogen-bond donors (Lipinski definition) is 2. The molecule has 3 aromatic rings. The van der Waals surface area contributed by atoms with E-state index < -0.39 is 23.6 Å². The Morgan fingerprint density at radius 1 is 1.24 bits per heavy atom. The van der Waals surface area contributed by atoms with Crippen LogP contribution in [0.5, 0.6) is 0 Å². The lowest BCUT2D eigenvalue weighted by Crippen LogP contribution is -2.46. The Labute approximate surface area is 189 Å². The molecule has 174 valence electrons. The number of carbonyl (C=O) groups excluding carboxylic acids is 2. The van der Waals surface area contributed by atoms with Crippen LogP contribution in [-0.2, 0) is 15.9 Å². The second kappa shape index (κ2) is 9.19. The number of hydrogen-bond acceptors (Lipinski definition) is 4. The Balaban J connectivity index is 1.79. The Morgan fingerprint density at radius 3 is 2.64 bits per heavy atom. The average molecular weight is 457 g/mol.